The number of benzene rings is 1. The molecule has 98 valence electrons. The van der Waals surface area contributed by atoms with Crippen LogP contribution in [-0.2, 0) is 6.42 Å². The van der Waals surface area contributed by atoms with E-state index in [1.807, 2.05) is 18.2 Å². The molecule has 0 spiro atoms. The highest BCUT2D eigenvalue weighted by Crippen LogP contribution is 2.32. The van der Waals surface area contributed by atoms with Gasteiger partial charge in [-0.2, -0.15) is 0 Å². The summed E-state index contributed by atoms with van der Waals surface area (Å²) >= 11 is 2.34. The highest BCUT2D eigenvalue weighted by atomic mass is 127. The van der Waals surface area contributed by atoms with Gasteiger partial charge < -0.3 is 10.3 Å². The number of nitrogens with one attached hydrogen (secondary N) is 2. The van der Waals surface area contributed by atoms with Crippen LogP contribution in [0.2, 0.25) is 0 Å². The second kappa shape index (κ2) is 5.36. The molecule has 1 aromatic heterocycles. The Hall–Kier alpha value is -1.30. The number of fused-ring (bicyclic) bond motifs is 1. The van der Waals surface area contributed by atoms with Crippen LogP contribution in [0.3, 0.4) is 0 Å². The van der Waals surface area contributed by atoms with Crippen LogP contribution in [0.25, 0.3) is 0 Å². The Kier molecular flexibility index (Phi) is 3.59. The van der Waals surface area contributed by atoms with Crippen LogP contribution >= 0.6 is 22.6 Å². The average molecular weight is 366 g/mol. The van der Waals surface area contributed by atoms with Crippen LogP contribution in [0.15, 0.2) is 41.2 Å². The third kappa shape index (κ3) is 2.68. The summed E-state index contributed by atoms with van der Waals surface area (Å²) in [5.41, 5.74) is 3.47. The number of rotatable bonds is 2. The summed E-state index contributed by atoms with van der Waals surface area (Å²) in [6.45, 7) is 0. The molecule has 2 N–H and O–H groups in total. The Morgan fingerprint density at radius 2 is 2.05 bits per heavy atom. The molecular formula is C15H15IN2O. The minimum Gasteiger partial charge on any atom is -0.377 e. The zero-order valence-corrected chi connectivity index (χ0v) is 12.6. The minimum atomic E-state index is -0.00584. The second-order valence-electron chi connectivity index (χ2n) is 4.83. The maximum absolute atomic E-state index is 11.4. The molecular weight excluding hydrogens is 351 g/mol. The summed E-state index contributed by atoms with van der Waals surface area (Å²) in [6.07, 6.45) is 3.17. The van der Waals surface area contributed by atoms with Gasteiger partial charge in [-0.05, 0) is 65.6 Å². The van der Waals surface area contributed by atoms with E-state index < -0.39 is 0 Å². The molecule has 4 heteroatoms. The van der Waals surface area contributed by atoms with Crippen LogP contribution in [0, 0.1) is 3.57 Å². The van der Waals surface area contributed by atoms with E-state index in [0.717, 1.165) is 30.6 Å². The van der Waals surface area contributed by atoms with Crippen LogP contribution in [-0.4, -0.2) is 4.98 Å². The van der Waals surface area contributed by atoms with Crippen molar-refractivity contribution in [2.45, 2.75) is 25.3 Å². The summed E-state index contributed by atoms with van der Waals surface area (Å²) in [6, 6.07) is 12.1. The molecule has 0 radical (unpaired) electrons. The predicted molar refractivity (Wildman–Crippen MR) is 85.5 cm³/mol. The van der Waals surface area contributed by atoms with Gasteiger partial charge in [-0.1, -0.05) is 12.1 Å². The number of para-hydroxylation sites is 1. The summed E-state index contributed by atoms with van der Waals surface area (Å²) in [5, 5.41) is 3.60. The number of aromatic amines is 1. The van der Waals surface area contributed by atoms with E-state index in [2.05, 4.69) is 45.0 Å². The standard InChI is InChI=1S/C15H15IN2O/c16-11-4-1-2-5-14(11)17-12-6-3-7-13-10(12)8-9-15(19)18-13/h1-2,4-5,8-9,12,17H,3,6-7H2,(H,18,19). The van der Waals surface area contributed by atoms with Crippen molar-refractivity contribution in [3.8, 4) is 0 Å². The van der Waals surface area contributed by atoms with E-state index in [-0.39, 0.29) is 11.6 Å². The number of aromatic nitrogens is 1. The van der Waals surface area contributed by atoms with Gasteiger partial charge in [0.05, 0.1) is 6.04 Å². The quantitative estimate of drug-likeness (QED) is 0.800. The predicted octanol–water partition coefficient (Wildman–Crippen LogP) is 3.47. The molecule has 1 atom stereocenters. The number of anilines is 1. The largest absolute Gasteiger partial charge is 0.377 e. The van der Waals surface area contributed by atoms with Crippen LogP contribution < -0.4 is 10.9 Å². The number of H-pyrrole nitrogens is 1. The fourth-order valence-electron chi connectivity index (χ4n) is 2.62. The molecule has 3 rings (SSSR count). The van der Waals surface area contributed by atoms with Gasteiger partial charge in [0.2, 0.25) is 5.56 Å². The molecule has 1 aliphatic rings. The maximum atomic E-state index is 11.4. The van der Waals surface area contributed by atoms with Crippen LogP contribution in [0.5, 0.6) is 0 Å². The maximum Gasteiger partial charge on any atom is 0.248 e. The van der Waals surface area contributed by atoms with E-state index in [4.69, 9.17) is 0 Å². The van der Waals surface area contributed by atoms with Gasteiger partial charge in [-0.3, -0.25) is 4.79 Å². The molecule has 3 nitrogen and oxygen atoms in total. The van der Waals surface area contributed by atoms with E-state index in [9.17, 15) is 4.79 Å². The first kappa shape index (κ1) is 12.7. The van der Waals surface area contributed by atoms with Gasteiger partial charge in [-0.25, -0.2) is 0 Å². The number of pyridine rings is 1. The summed E-state index contributed by atoms with van der Waals surface area (Å²) < 4.78 is 1.22. The van der Waals surface area contributed by atoms with Crippen molar-refractivity contribution in [2.75, 3.05) is 5.32 Å². The second-order valence-corrected chi connectivity index (χ2v) is 5.99. The zero-order valence-electron chi connectivity index (χ0n) is 10.4. The fourth-order valence-corrected chi connectivity index (χ4v) is 3.16. The first-order chi connectivity index (χ1) is 9.24. The van der Waals surface area contributed by atoms with Crippen molar-refractivity contribution >= 4 is 28.3 Å². The lowest BCUT2D eigenvalue weighted by Crippen LogP contribution is -2.21. The normalized spacial score (nSPS) is 17.8. The van der Waals surface area contributed by atoms with Gasteiger partial charge in [0.25, 0.3) is 0 Å². The Morgan fingerprint density at radius 3 is 2.89 bits per heavy atom. The molecule has 0 amide bonds. The summed E-state index contributed by atoms with van der Waals surface area (Å²) in [5.74, 6) is 0. The van der Waals surface area contributed by atoms with Crippen LogP contribution in [0.4, 0.5) is 5.69 Å². The lowest BCUT2D eigenvalue weighted by Gasteiger charge is -2.27. The van der Waals surface area contributed by atoms with Crippen molar-refractivity contribution < 1.29 is 0 Å². The van der Waals surface area contributed by atoms with Gasteiger partial charge >= 0.3 is 0 Å². The lowest BCUT2D eigenvalue weighted by atomic mass is 9.91. The first-order valence-electron chi connectivity index (χ1n) is 6.47. The van der Waals surface area contributed by atoms with Gasteiger partial charge in [-0.15, -0.1) is 0 Å². The lowest BCUT2D eigenvalue weighted by molar-refractivity contribution is 0.586. The van der Waals surface area contributed by atoms with E-state index in [1.165, 1.54) is 9.13 Å². The van der Waals surface area contributed by atoms with Crippen molar-refractivity contribution in [1.29, 1.82) is 0 Å². The van der Waals surface area contributed by atoms with E-state index >= 15 is 0 Å². The molecule has 0 saturated heterocycles. The molecule has 1 aromatic carbocycles. The van der Waals surface area contributed by atoms with Crippen molar-refractivity contribution in [2.24, 2.45) is 0 Å². The number of aryl methyl sites for hydroxylation is 1. The SMILES string of the molecule is O=c1ccc2c([nH]1)CCCC2Nc1ccccc1I. The third-order valence-electron chi connectivity index (χ3n) is 3.54. The third-order valence-corrected chi connectivity index (χ3v) is 4.48. The minimum absolute atomic E-state index is 0.00584. The fraction of sp³-hybridized carbons (Fsp3) is 0.267. The molecule has 1 heterocycles. The highest BCUT2D eigenvalue weighted by molar-refractivity contribution is 14.1. The van der Waals surface area contributed by atoms with Crippen molar-refractivity contribution in [3.63, 3.8) is 0 Å². The van der Waals surface area contributed by atoms with Crippen LogP contribution in [0.1, 0.15) is 30.1 Å². The van der Waals surface area contributed by atoms with Crippen molar-refractivity contribution in [3.05, 3.63) is 61.6 Å². The molecule has 2 aromatic rings. The molecule has 19 heavy (non-hydrogen) atoms. The molecule has 1 unspecified atom stereocenters. The Labute approximate surface area is 125 Å². The average Bonchev–Trinajstić information content (AvgIpc) is 2.41. The Morgan fingerprint density at radius 1 is 1.21 bits per heavy atom. The summed E-state index contributed by atoms with van der Waals surface area (Å²) in [7, 11) is 0. The highest BCUT2D eigenvalue weighted by Gasteiger charge is 2.21. The van der Waals surface area contributed by atoms with Gasteiger partial charge in [0, 0.05) is 21.0 Å². The number of hydrogen-bond acceptors (Lipinski definition) is 2. The summed E-state index contributed by atoms with van der Waals surface area (Å²) in [4.78, 5) is 14.3. The molecule has 0 saturated carbocycles. The first-order valence-corrected chi connectivity index (χ1v) is 7.55. The smallest absolute Gasteiger partial charge is 0.248 e. The Bertz CT molecular complexity index is 651. The molecule has 0 bridgehead atoms. The van der Waals surface area contributed by atoms with Crippen molar-refractivity contribution in [1.82, 2.24) is 4.98 Å². The topological polar surface area (TPSA) is 44.9 Å². The van der Waals surface area contributed by atoms with E-state index in [1.54, 1.807) is 6.07 Å². The molecule has 1 aliphatic carbocycles. The van der Waals surface area contributed by atoms with E-state index in [0.29, 0.717) is 0 Å². The van der Waals surface area contributed by atoms with Gasteiger partial charge in [0.1, 0.15) is 0 Å². The number of hydrogen-bond donors (Lipinski definition) is 2. The molecule has 0 aliphatic heterocycles. The van der Waals surface area contributed by atoms with Gasteiger partial charge in [0.15, 0.2) is 0 Å². The number of halogens is 1. The molecule has 0 fully saturated rings. The monoisotopic (exact) mass is 366 g/mol. The zero-order chi connectivity index (χ0) is 13.2. The Balaban J connectivity index is 1.92.